The van der Waals surface area contributed by atoms with E-state index in [-0.39, 0.29) is 11.9 Å². The minimum absolute atomic E-state index is 0.0476. The summed E-state index contributed by atoms with van der Waals surface area (Å²) in [6, 6.07) is 14.6. The van der Waals surface area contributed by atoms with E-state index >= 15 is 0 Å². The minimum Gasteiger partial charge on any atom is -0.369 e. The topological polar surface area (TPSA) is 35.6 Å². The molecule has 3 rings (SSSR count). The lowest BCUT2D eigenvalue weighted by atomic mass is 10.2. The zero-order valence-electron chi connectivity index (χ0n) is 14.1. The molecular weight excluding hydrogens is 318 g/mol. The van der Waals surface area contributed by atoms with Crippen molar-refractivity contribution in [1.29, 1.82) is 0 Å². The fourth-order valence-electron chi connectivity index (χ4n) is 3.02. The second-order valence-corrected chi connectivity index (χ2v) is 7.25. The van der Waals surface area contributed by atoms with E-state index in [1.54, 1.807) is 0 Å². The first kappa shape index (κ1) is 17.0. The highest BCUT2D eigenvalue weighted by molar-refractivity contribution is 7.12. The minimum atomic E-state index is 0.0476. The van der Waals surface area contributed by atoms with Crippen molar-refractivity contribution in [3.05, 3.63) is 52.7 Å². The molecule has 2 aromatic rings. The molecule has 2 heterocycles. The second kappa shape index (κ2) is 8.31. The molecule has 1 amide bonds. The summed E-state index contributed by atoms with van der Waals surface area (Å²) in [5, 5.41) is 5.03. The SMILES string of the molecule is C[C@@H](CCN1CCN(c2ccccc2)CC1)NC(=O)c1cccs1. The number of nitrogens with zero attached hydrogens (tertiary/aromatic N) is 2. The van der Waals surface area contributed by atoms with Gasteiger partial charge in [0, 0.05) is 44.5 Å². The highest BCUT2D eigenvalue weighted by atomic mass is 32.1. The molecule has 1 fully saturated rings. The monoisotopic (exact) mass is 343 g/mol. The lowest BCUT2D eigenvalue weighted by Crippen LogP contribution is -2.47. The normalized spacial score (nSPS) is 16.8. The van der Waals surface area contributed by atoms with Gasteiger partial charge in [-0.15, -0.1) is 11.3 Å². The van der Waals surface area contributed by atoms with E-state index in [0.717, 1.165) is 44.0 Å². The molecular formula is C19H25N3OS. The maximum Gasteiger partial charge on any atom is 0.261 e. The molecule has 1 aromatic heterocycles. The van der Waals surface area contributed by atoms with Crippen LogP contribution in [0.5, 0.6) is 0 Å². The van der Waals surface area contributed by atoms with Crippen LogP contribution in [0.2, 0.25) is 0 Å². The molecule has 1 aliphatic rings. The van der Waals surface area contributed by atoms with Gasteiger partial charge in [-0.25, -0.2) is 0 Å². The van der Waals surface area contributed by atoms with E-state index in [1.165, 1.54) is 17.0 Å². The number of nitrogens with one attached hydrogen (secondary N) is 1. The van der Waals surface area contributed by atoms with Crippen molar-refractivity contribution in [1.82, 2.24) is 10.2 Å². The molecule has 0 spiro atoms. The van der Waals surface area contributed by atoms with Crippen molar-refractivity contribution in [2.75, 3.05) is 37.6 Å². The molecule has 1 aliphatic heterocycles. The van der Waals surface area contributed by atoms with Gasteiger partial charge in [0.2, 0.25) is 0 Å². The third kappa shape index (κ3) is 4.58. The van der Waals surface area contributed by atoms with Crippen molar-refractivity contribution >= 4 is 22.9 Å². The van der Waals surface area contributed by atoms with Crippen LogP contribution in [0.4, 0.5) is 5.69 Å². The highest BCUT2D eigenvalue weighted by Crippen LogP contribution is 2.15. The number of hydrogen-bond acceptors (Lipinski definition) is 4. The molecule has 1 aromatic carbocycles. The summed E-state index contributed by atoms with van der Waals surface area (Å²) in [5.74, 6) is 0.0476. The number of benzene rings is 1. The fraction of sp³-hybridized carbons (Fsp3) is 0.421. The molecule has 0 saturated carbocycles. The van der Waals surface area contributed by atoms with E-state index in [1.807, 2.05) is 17.5 Å². The van der Waals surface area contributed by atoms with Crippen LogP contribution in [0.25, 0.3) is 0 Å². The largest absolute Gasteiger partial charge is 0.369 e. The molecule has 0 aliphatic carbocycles. The van der Waals surface area contributed by atoms with Gasteiger partial charge in [-0.2, -0.15) is 0 Å². The van der Waals surface area contributed by atoms with Crippen molar-refractivity contribution in [3.8, 4) is 0 Å². The number of anilines is 1. The van der Waals surface area contributed by atoms with Crippen LogP contribution < -0.4 is 10.2 Å². The molecule has 0 unspecified atom stereocenters. The van der Waals surface area contributed by atoms with E-state index < -0.39 is 0 Å². The van der Waals surface area contributed by atoms with Gasteiger partial charge in [-0.3, -0.25) is 9.69 Å². The Bertz CT molecular complexity index is 621. The summed E-state index contributed by atoms with van der Waals surface area (Å²) in [4.78, 5) is 17.8. The number of hydrogen-bond donors (Lipinski definition) is 1. The summed E-state index contributed by atoms with van der Waals surface area (Å²) in [6.07, 6.45) is 0.989. The van der Waals surface area contributed by atoms with Gasteiger partial charge in [0.05, 0.1) is 4.88 Å². The number of amides is 1. The van der Waals surface area contributed by atoms with Crippen LogP contribution in [0.1, 0.15) is 23.0 Å². The zero-order valence-corrected chi connectivity index (χ0v) is 15.0. The molecule has 5 heteroatoms. The first-order valence-corrected chi connectivity index (χ1v) is 9.47. The predicted octanol–water partition coefficient (Wildman–Crippen LogP) is 3.08. The summed E-state index contributed by atoms with van der Waals surface area (Å²) < 4.78 is 0. The van der Waals surface area contributed by atoms with Crippen molar-refractivity contribution < 1.29 is 4.79 Å². The molecule has 4 nitrogen and oxygen atoms in total. The molecule has 1 saturated heterocycles. The average Bonchev–Trinajstić information content (AvgIpc) is 3.16. The first-order chi connectivity index (χ1) is 11.7. The van der Waals surface area contributed by atoms with E-state index in [9.17, 15) is 4.79 Å². The Morgan fingerprint density at radius 2 is 1.88 bits per heavy atom. The van der Waals surface area contributed by atoms with Crippen molar-refractivity contribution in [3.63, 3.8) is 0 Å². The Morgan fingerprint density at radius 1 is 1.12 bits per heavy atom. The zero-order chi connectivity index (χ0) is 16.8. The Kier molecular flexibility index (Phi) is 5.88. The van der Waals surface area contributed by atoms with E-state index in [0.29, 0.717) is 0 Å². The summed E-state index contributed by atoms with van der Waals surface area (Å²) in [7, 11) is 0. The first-order valence-electron chi connectivity index (χ1n) is 8.59. The van der Waals surface area contributed by atoms with E-state index in [4.69, 9.17) is 0 Å². The standard InChI is InChI=1S/C19H25N3OS/c1-16(20-19(23)18-8-5-15-24-18)9-10-21-11-13-22(14-12-21)17-6-3-2-4-7-17/h2-8,15-16H,9-14H2,1H3,(H,20,23)/t16-/m0/s1. The quantitative estimate of drug-likeness (QED) is 0.875. The number of rotatable bonds is 6. The number of piperazine rings is 1. The second-order valence-electron chi connectivity index (χ2n) is 6.30. The fourth-order valence-corrected chi connectivity index (χ4v) is 3.65. The van der Waals surface area contributed by atoms with Gasteiger partial charge >= 0.3 is 0 Å². The molecule has 0 bridgehead atoms. The number of carbonyl (C=O) groups is 1. The summed E-state index contributed by atoms with van der Waals surface area (Å²) in [5.41, 5.74) is 1.31. The van der Waals surface area contributed by atoms with Crippen LogP contribution in [-0.2, 0) is 0 Å². The van der Waals surface area contributed by atoms with Gasteiger partial charge in [0.1, 0.15) is 0 Å². The van der Waals surface area contributed by atoms with Crippen LogP contribution in [0.15, 0.2) is 47.8 Å². The molecule has 0 radical (unpaired) electrons. The highest BCUT2D eigenvalue weighted by Gasteiger charge is 2.18. The Labute approximate surface area is 148 Å². The third-order valence-corrected chi connectivity index (χ3v) is 5.36. The molecule has 128 valence electrons. The maximum absolute atomic E-state index is 12.0. The number of carbonyl (C=O) groups excluding carboxylic acids is 1. The van der Waals surface area contributed by atoms with Crippen LogP contribution in [0.3, 0.4) is 0 Å². The molecule has 1 N–H and O–H groups in total. The lowest BCUT2D eigenvalue weighted by molar-refractivity contribution is 0.0939. The van der Waals surface area contributed by atoms with Gasteiger partial charge in [-0.05, 0) is 36.9 Å². The summed E-state index contributed by atoms with van der Waals surface area (Å²) >= 11 is 1.49. The third-order valence-electron chi connectivity index (χ3n) is 4.49. The summed E-state index contributed by atoms with van der Waals surface area (Å²) in [6.45, 7) is 7.43. The maximum atomic E-state index is 12.0. The number of thiophene rings is 1. The number of para-hydroxylation sites is 1. The smallest absolute Gasteiger partial charge is 0.261 e. The Balaban J connectivity index is 1.38. The van der Waals surface area contributed by atoms with Gasteiger partial charge < -0.3 is 10.2 Å². The van der Waals surface area contributed by atoms with Crippen molar-refractivity contribution in [2.24, 2.45) is 0 Å². The van der Waals surface area contributed by atoms with Crippen LogP contribution >= 0.6 is 11.3 Å². The average molecular weight is 343 g/mol. The lowest BCUT2D eigenvalue weighted by Gasteiger charge is -2.36. The van der Waals surface area contributed by atoms with Crippen molar-refractivity contribution in [2.45, 2.75) is 19.4 Å². The van der Waals surface area contributed by atoms with Crippen LogP contribution in [0, 0.1) is 0 Å². The molecule has 24 heavy (non-hydrogen) atoms. The van der Waals surface area contributed by atoms with Gasteiger partial charge in [-0.1, -0.05) is 24.3 Å². The Morgan fingerprint density at radius 3 is 2.54 bits per heavy atom. The van der Waals surface area contributed by atoms with Crippen LogP contribution in [-0.4, -0.2) is 49.6 Å². The predicted molar refractivity (Wildman–Crippen MR) is 101 cm³/mol. The van der Waals surface area contributed by atoms with E-state index in [2.05, 4.69) is 52.4 Å². The Hall–Kier alpha value is -1.85. The van der Waals surface area contributed by atoms with Gasteiger partial charge in [0.25, 0.3) is 5.91 Å². The van der Waals surface area contributed by atoms with Gasteiger partial charge in [0.15, 0.2) is 0 Å². The molecule has 1 atom stereocenters.